The Morgan fingerprint density at radius 3 is 2.59 bits per heavy atom. The molecule has 0 atom stereocenters. The predicted octanol–water partition coefficient (Wildman–Crippen LogP) is 3.83. The SMILES string of the molecule is COCCNC(=S)c1ccccc1OCc1ccc(Cl)cc1. The van der Waals surface area contributed by atoms with Crippen molar-refractivity contribution in [1.29, 1.82) is 0 Å². The first-order valence-electron chi connectivity index (χ1n) is 6.94. The molecule has 2 rings (SSSR count). The van der Waals surface area contributed by atoms with Crippen LogP contribution in [0.15, 0.2) is 48.5 Å². The van der Waals surface area contributed by atoms with Gasteiger partial charge in [0.05, 0.1) is 12.2 Å². The molecule has 2 aromatic carbocycles. The highest BCUT2D eigenvalue weighted by molar-refractivity contribution is 7.80. The molecule has 0 aliphatic rings. The predicted molar refractivity (Wildman–Crippen MR) is 93.8 cm³/mol. The van der Waals surface area contributed by atoms with Crippen molar-refractivity contribution < 1.29 is 9.47 Å². The van der Waals surface area contributed by atoms with Gasteiger partial charge in [0.1, 0.15) is 17.3 Å². The minimum atomic E-state index is 0.467. The number of benzene rings is 2. The molecule has 0 saturated carbocycles. The molecule has 0 fully saturated rings. The average molecular weight is 336 g/mol. The maximum Gasteiger partial charge on any atom is 0.129 e. The van der Waals surface area contributed by atoms with Crippen LogP contribution < -0.4 is 10.1 Å². The zero-order valence-corrected chi connectivity index (χ0v) is 13.9. The van der Waals surface area contributed by atoms with Crippen LogP contribution >= 0.6 is 23.8 Å². The standard InChI is InChI=1S/C17H18ClNO2S/c1-20-11-10-19-17(22)15-4-2-3-5-16(15)21-12-13-6-8-14(18)9-7-13/h2-9H,10-12H2,1H3,(H,19,22). The summed E-state index contributed by atoms with van der Waals surface area (Å²) >= 11 is 11.3. The molecule has 0 bridgehead atoms. The van der Waals surface area contributed by atoms with Gasteiger partial charge in [0, 0.05) is 18.7 Å². The molecule has 1 N–H and O–H groups in total. The van der Waals surface area contributed by atoms with Crippen LogP contribution in [0.5, 0.6) is 5.75 Å². The lowest BCUT2D eigenvalue weighted by Crippen LogP contribution is -2.26. The number of nitrogens with one attached hydrogen (secondary N) is 1. The van der Waals surface area contributed by atoms with Gasteiger partial charge >= 0.3 is 0 Å². The molecule has 0 aliphatic carbocycles. The van der Waals surface area contributed by atoms with Crippen LogP contribution in [-0.2, 0) is 11.3 Å². The first kappa shape index (κ1) is 16.7. The van der Waals surface area contributed by atoms with E-state index in [0.29, 0.717) is 29.8 Å². The van der Waals surface area contributed by atoms with Gasteiger partial charge in [-0.3, -0.25) is 0 Å². The number of hydrogen-bond donors (Lipinski definition) is 1. The summed E-state index contributed by atoms with van der Waals surface area (Å²) in [5.41, 5.74) is 1.93. The van der Waals surface area contributed by atoms with E-state index in [1.165, 1.54) is 0 Å². The molecule has 0 saturated heterocycles. The first-order valence-corrected chi connectivity index (χ1v) is 7.72. The summed E-state index contributed by atoms with van der Waals surface area (Å²) in [4.78, 5) is 0.656. The summed E-state index contributed by atoms with van der Waals surface area (Å²) < 4.78 is 10.9. The van der Waals surface area contributed by atoms with Crippen molar-refractivity contribution in [3.8, 4) is 5.75 Å². The largest absolute Gasteiger partial charge is 0.488 e. The van der Waals surface area contributed by atoms with E-state index in [1.807, 2.05) is 48.5 Å². The number of thiocarbonyl (C=S) groups is 1. The molecule has 0 radical (unpaired) electrons. The van der Waals surface area contributed by atoms with E-state index in [4.69, 9.17) is 33.3 Å². The van der Waals surface area contributed by atoms with E-state index >= 15 is 0 Å². The van der Waals surface area contributed by atoms with E-state index < -0.39 is 0 Å². The van der Waals surface area contributed by atoms with E-state index in [9.17, 15) is 0 Å². The summed E-state index contributed by atoms with van der Waals surface area (Å²) in [6, 6.07) is 15.3. The van der Waals surface area contributed by atoms with Gasteiger partial charge in [-0.05, 0) is 29.8 Å². The lowest BCUT2D eigenvalue weighted by molar-refractivity contribution is 0.204. The summed E-state index contributed by atoms with van der Waals surface area (Å²) in [5.74, 6) is 0.757. The molecule has 2 aromatic rings. The van der Waals surface area contributed by atoms with E-state index in [-0.39, 0.29) is 0 Å². The maximum absolute atomic E-state index is 5.89. The smallest absolute Gasteiger partial charge is 0.129 e. The highest BCUT2D eigenvalue weighted by Gasteiger charge is 2.08. The summed E-state index contributed by atoms with van der Waals surface area (Å²) in [7, 11) is 1.66. The van der Waals surface area contributed by atoms with Crippen molar-refractivity contribution in [2.24, 2.45) is 0 Å². The highest BCUT2D eigenvalue weighted by atomic mass is 35.5. The van der Waals surface area contributed by atoms with Gasteiger partial charge in [0.25, 0.3) is 0 Å². The fraction of sp³-hybridized carbons (Fsp3) is 0.235. The van der Waals surface area contributed by atoms with Crippen molar-refractivity contribution in [2.75, 3.05) is 20.3 Å². The van der Waals surface area contributed by atoms with Crippen LogP contribution in [0.4, 0.5) is 0 Å². The Bertz CT molecular complexity index is 616. The van der Waals surface area contributed by atoms with E-state index in [2.05, 4.69) is 5.32 Å². The zero-order valence-electron chi connectivity index (χ0n) is 12.3. The van der Waals surface area contributed by atoms with Crippen LogP contribution in [0.2, 0.25) is 5.02 Å². The lowest BCUT2D eigenvalue weighted by atomic mass is 10.2. The Labute approximate surface area is 141 Å². The van der Waals surface area contributed by atoms with Gasteiger partial charge < -0.3 is 14.8 Å². The van der Waals surface area contributed by atoms with Gasteiger partial charge in [0.15, 0.2) is 0 Å². The highest BCUT2D eigenvalue weighted by Crippen LogP contribution is 2.20. The fourth-order valence-electron chi connectivity index (χ4n) is 1.88. The van der Waals surface area contributed by atoms with Crippen molar-refractivity contribution >= 4 is 28.8 Å². The van der Waals surface area contributed by atoms with Crippen LogP contribution in [0.25, 0.3) is 0 Å². The summed E-state index contributed by atoms with van der Waals surface area (Å²) in [5, 5.41) is 3.87. The zero-order chi connectivity index (χ0) is 15.8. The minimum Gasteiger partial charge on any atom is -0.488 e. The van der Waals surface area contributed by atoms with Gasteiger partial charge in [-0.15, -0.1) is 0 Å². The van der Waals surface area contributed by atoms with Crippen LogP contribution in [-0.4, -0.2) is 25.2 Å². The van der Waals surface area contributed by atoms with Gasteiger partial charge in [-0.25, -0.2) is 0 Å². The number of ether oxygens (including phenoxy) is 2. The topological polar surface area (TPSA) is 30.5 Å². The van der Waals surface area contributed by atoms with Gasteiger partial charge in [0.2, 0.25) is 0 Å². The Kier molecular flexibility index (Phi) is 6.65. The molecule has 116 valence electrons. The third-order valence-electron chi connectivity index (χ3n) is 3.03. The third-order valence-corrected chi connectivity index (χ3v) is 3.65. The molecular weight excluding hydrogens is 318 g/mol. The first-order chi connectivity index (χ1) is 10.7. The minimum absolute atomic E-state index is 0.467. The van der Waals surface area contributed by atoms with Crippen molar-refractivity contribution in [3.05, 3.63) is 64.7 Å². The molecule has 0 aliphatic heterocycles. The number of para-hydroxylation sites is 1. The van der Waals surface area contributed by atoms with Crippen LogP contribution in [0.3, 0.4) is 0 Å². The number of methoxy groups -OCH3 is 1. The second-order valence-corrected chi connectivity index (χ2v) is 5.50. The Hall–Kier alpha value is -1.62. The number of rotatable bonds is 7. The van der Waals surface area contributed by atoms with Gasteiger partial charge in [-0.1, -0.05) is 48.1 Å². The van der Waals surface area contributed by atoms with Crippen LogP contribution in [0, 0.1) is 0 Å². The summed E-state index contributed by atoms with van der Waals surface area (Å²) in [6.45, 7) is 1.74. The van der Waals surface area contributed by atoms with E-state index in [1.54, 1.807) is 7.11 Å². The molecule has 0 heterocycles. The Morgan fingerprint density at radius 2 is 1.86 bits per heavy atom. The second-order valence-electron chi connectivity index (χ2n) is 4.66. The molecule has 3 nitrogen and oxygen atoms in total. The molecule has 0 aromatic heterocycles. The number of hydrogen-bond acceptors (Lipinski definition) is 3. The normalized spacial score (nSPS) is 10.3. The molecule has 5 heteroatoms. The Balaban J connectivity index is 2.01. The van der Waals surface area contributed by atoms with Crippen molar-refractivity contribution in [3.63, 3.8) is 0 Å². The second kappa shape index (κ2) is 8.73. The molecule has 0 amide bonds. The molecular formula is C17H18ClNO2S. The lowest BCUT2D eigenvalue weighted by Gasteiger charge is -2.13. The fourth-order valence-corrected chi connectivity index (χ4v) is 2.28. The molecule has 22 heavy (non-hydrogen) atoms. The van der Waals surface area contributed by atoms with Crippen molar-refractivity contribution in [2.45, 2.75) is 6.61 Å². The molecule has 0 spiro atoms. The summed E-state index contributed by atoms with van der Waals surface area (Å²) in [6.07, 6.45) is 0. The monoisotopic (exact) mass is 335 g/mol. The maximum atomic E-state index is 5.89. The Morgan fingerprint density at radius 1 is 1.14 bits per heavy atom. The van der Waals surface area contributed by atoms with E-state index in [0.717, 1.165) is 16.9 Å². The average Bonchev–Trinajstić information content (AvgIpc) is 2.55. The van der Waals surface area contributed by atoms with Crippen LogP contribution in [0.1, 0.15) is 11.1 Å². The number of halogens is 1. The third kappa shape index (κ3) is 4.98. The van der Waals surface area contributed by atoms with Crippen molar-refractivity contribution in [1.82, 2.24) is 5.32 Å². The quantitative estimate of drug-likeness (QED) is 0.615. The molecule has 0 unspecified atom stereocenters. The van der Waals surface area contributed by atoms with Gasteiger partial charge in [-0.2, -0.15) is 0 Å².